The van der Waals surface area contributed by atoms with E-state index in [0.29, 0.717) is 12.4 Å². The van der Waals surface area contributed by atoms with E-state index in [1.165, 1.54) is 12.1 Å². The summed E-state index contributed by atoms with van der Waals surface area (Å²) >= 11 is 0. The smallest absolute Gasteiger partial charge is 0.342 e. The Balaban J connectivity index is 2.88. The summed E-state index contributed by atoms with van der Waals surface area (Å²) in [5, 5.41) is 18.6. The fraction of sp³-hybridized carbons (Fsp3) is 0.133. The monoisotopic (exact) mass is 318 g/mol. The standard InChI is InChI=1S/C15H14N2O6/c1-2-23-8-5-3-4-7(6-8)9-10(14(19)20)12(16)17-13(18)11(9)15(21)22/h3-6H,2H2,1H3,(H,19,20)(H,21,22)(H3,16,17,18). The van der Waals surface area contributed by atoms with Gasteiger partial charge < -0.3 is 25.7 Å². The number of ether oxygens (including phenoxy) is 1. The normalized spacial score (nSPS) is 10.3. The van der Waals surface area contributed by atoms with Crippen LogP contribution in [0.3, 0.4) is 0 Å². The number of anilines is 1. The number of nitrogen functional groups attached to an aromatic ring is 1. The number of carboxylic acid groups (broad SMARTS) is 2. The summed E-state index contributed by atoms with van der Waals surface area (Å²) in [4.78, 5) is 36.9. The molecule has 8 heteroatoms. The van der Waals surface area contributed by atoms with Crippen molar-refractivity contribution in [2.24, 2.45) is 0 Å². The number of hydrogen-bond acceptors (Lipinski definition) is 5. The first-order chi connectivity index (χ1) is 10.9. The third-order valence-corrected chi connectivity index (χ3v) is 3.11. The minimum absolute atomic E-state index is 0.212. The third-order valence-electron chi connectivity index (χ3n) is 3.11. The lowest BCUT2D eigenvalue weighted by Crippen LogP contribution is -2.24. The lowest BCUT2D eigenvalue weighted by atomic mass is 9.95. The number of aromatic carboxylic acids is 2. The summed E-state index contributed by atoms with van der Waals surface area (Å²) in [6.45, 7) is 2.14. The van der Waals surface area contributed by atoms with E-state index in [-0.39, 0.29) is 11.1 Å². The Labute approximate surface area is 130 Å². The van der Waals surface area contributed by atoms with Crippen LogP contribution in [-0.2, 0) is 0 Å². The minimum Gasteiger partial charge on any atom is -0.494 e. The minimum atomic E-state index is -1.55. The number of pyridine rings is 1. The van der Waals surface area contributed by atoms with Gasteiger partial charge in [-0.1, -0.05) is 12.1 Å². The van der Waals surface area contributed by atoms with Crippen molar-refractivity contribution in [3.05, 3.63) is 45.7 Å². The maximum absolute atomic E-state index is 11.9. The molecule has 0 amide bonds. The number of carbonyl (C=O) groups is 2. The Kier molecular flexibility index (Phi) is 4.35. The van der Waals surface area contributed by atoms with Gasteiger partial charge in [0.25, 0.3) is 5.56 Å². The highest BCUT2D eigenvalue weighted by Crippen LogP contribution is 2.31. The van der Waals surface area contributed by atoms with Crippen molar-refractivity contribution < 1.29 is 24.5 Å². The van der Waals surface area contributed by atoms with Crippen molar-refractivity contribution in [2.45, 2.75) is 6.92 Å². The van der Waals surface area contributed by atoms with Gasteiger partial charge in [0, 0.05) is 5.56 Å². The van der Waals surface area contributed by atoms with E-state index in [0.717, 1.165) is 0 Å². The van der Waals surface area contributed by atoms with Crippen LogP contribution in [0, 0.1) is 0 Å². The predicted octanol–water partition coefficient (Wildman–Crippen LogP) is 1.42. The molecule has 0 fully saturated rings. The van der Waals surface area contributed by atoms with Crippen molar-refractivity contribution in [3.63, 3.8) is 0 Å². The summed E-state index contributed by atoms with van der Waals surface area (Å²) in [5.74, 6) is -3.00. The molecule has 0 atom stereocenters. The largest absolute Gasteiger partial charge is 0.494 e. The molecule has 0 saturated heterocycles. The van der Waals surface area contributed by atoms with Crippen molar-refractivity contribution in [1.29, 1.82) is 0 Å². The van der Waals surface area contributed by atoms with Gasteiger partial charge in [-0.05, 0) is 24.6 Å². The van der Waals surface area contributed by atoms with Gasteiger partial charge in [0.05, 0.1) is 6.61 Å². The van der Waals surface area contributed by atoms with Crippen LogP contribution in [-0.4, -0.2) is 33.7 Å². The second-order valence-corrected chi connectivity index (χ2v) is 4.56. The highest BCUT2D eigenvalue weighted by molar-refractivity contribution is 6.07. The molecule has 8 nitrogen and oxygen atoms in total. The lowest BCUT2D eigenvalue weighted by molar-refractivity contribution is 0.0695. The molecule has 0 aliphatic heterocycles. The fourth-order valence-corrected chi connectivity index (χ4v) is 2.24. The maximum atomic E-state index is 11.9. The van der Waals surface area contributed by atoms with Gasteiger partial charge in [0.15, 0.2) is 0 Å². The third kappa shape index (κ3) is 3.00. The Morgan fingerprint density at radius 1 is 1.22 bits per heavy atom. The van der Waals surface area contributed by atoms with E-state index < -0.39 is 34.4 Å². The molecular formula is C15H14N2O6. The Morgan fingerprint density at radius 2 is 1.87 bits per heavy atom. The second kappa shape index (κ2) is 6.22. The van der Waals surface area contributed by atoms with E-state index in [9.17, 15) is 24.6 Å². The average Bonchev–Trinajstić information content (AvgIpc) is 2.46. The zero-order valence-electron chi connectivity index (χ0n) is 12.1. The number of H-pyrrole nitrogens is 1. The molecule has 1 aromatic carbocycles. The first-order valence-corrected chi connectivity index (χ1v) is 6.62. The fourth-order valence-electron chi connectivity index (χ4n) is 2.24. The average molecular weight is 318 g/mol. The van der Waals surface area contributed by atoms with Gasteiger partial charge in [-0.15, -0.1) is 0 Å². The molecule has 23 heavy (non-hydrogen) atoms. The quantitative estimate of drug-likeness (QED) is 0.652. The van der Waals surface area contributed by atoms with E-state index >= 15 is 0 Å². The summed E-state index contributed by atoms with van der Waals surface area (Å²) in [6, 6.07) is 6.13. The maximum Gasteiger partial charge on any atom is 0.342 e. The lowest BCUT2D eigenvalue weighted by Gasteiger charge is -2.13. The van der Waals surface area contributed by atoms with Crippen molar-refractivity contribution in [3.8, 4) is 16.9 Å². The number of nitrogens with one attached hydrogen (secondary N) is 1. The van der Waals surface area contributed by atoms with Gasteiger partial charge in [-0.3, -0.25) is 4.79 Å². The molecule has 0 saturated carbocycles. The van der Waals surface area contributed by atoms with Gasteiger partial charge in [0.1, 0.15) is 22.7 Å². The molecule has 1 heterocycles. The van der Waals surface area contributed by atoms with Crippen LogP contribution in [0.2, 0.25) is 0 Å². The predicted molar refractivity (Wildman–Crippen MR) is 82.0 cm³/mol. The van der Waals surface area contributed by atoms with Crippen LogP contribution in [0.25, 0.3) is 11.1 Å². The van der Waals surface area contributed by atoms with E-state index in [1.807, 2.05) is 4.98 Å². The molecule has 0 aliphatic carbocycles. The van der Waals surface area contributed by atoms with Crippen LogP contribution >= 0.6 is 0 Å². The molecular weight excluding hydrogens is 304 g/mol. The Bertz CT molecular complexity index is 840. The Morgan fingerprint density at radius 3 is 2.43 bits per heavy atom. The molecule has 0 aliphatic rings. The molecule has 0 unspecified atom stereocenters. The topological polar surface area (TPSA) is 143 Å². The zero-order valence-corrected chi connectivity index (χ0v) is 12.1. The van der Waals surface area contributed by atoms with E-state index in [4.69, 9.17) is 10.5 Å². The number of hydrogen-bond donors (Lipinski definition) is 4. The number of benzene rings is 1. The van der Waals surface area contributed by atoms with Crippen molar-refractivity contribution >= 4 is 17.8 Å². The summed E-state index contributed by atoms with van der Waals surface area (Å²) < 4.78 is 5.32. The van der Waals surface area contributed by atoms with Crippen molar-refractivity contribution in [2.75, 3.05) is 12.3 Å². The number of aromatic nitrogens is 1. The molecule has 1 aromatic heterocycles. The van der Waals surface area contributed by atoms with Gasteiger partial charge in [-0.2, -0.15) is 0 Å². The summed E-state index contributed by atoms with van der Waals surface area (Å²) in [7, 11) is 0. The SMILES string of the molecule is CCOc1cccc(-c2c(C(=O)O)c(N)[nH]c(=O)c2C(=O)O)c1. The first kappa shape index (κ1) is 16.1. The summed E-state index contributed by atoms with van der Waals surface area (Å²) in [6.07, 6.45) is 0. The second-order valence-electron chi connectivity index (χ2n) is 4.56. The van der Waals surface area contributed by atoms with Crippen molar-refractivity contribution in [1.82, 2.24) is 4.98 Å². The highest BCUT2D eigenvalue weighted by atomic mass is 16.5. The molecule has 0 radical (unpaired) electrons. The van der Waals surface area contributed by atoms with Gasteiger partial charge in [0.2, 0.25) is 0 Å². The van der Waals surface area contributed by atoms with Crippen LogP contribution < -0.4 is 16.0 Å². The molecule has 120 valence electrons. The first-order valence-electron chi connectivity index (χ1n) is 6.62. The molecule has 2 rings (SSSR count). The van der Waals surface area contributed by atoms with Gasteiger partial charge >= 0.3 is 11.9 Å². The van der Waals surface area contributed by atoms with Crippen LogP contribution in [0.4, 0.5) is 5.82 Å². The van der Waals surface area contributed by atoms with Crippen LogP contribution in [0.1, 0.15) is 27.6 Å². The van der Waals surface area contributed by atoms with E-state index in [2.05, 4.69) is 0 Å². The molecule has 0 spiro atoms. The highest BCUT2D eigenvalue weighted by Gasteiger charge is 2.26. The Hall–Kier alpha value is -3.29. The van der Waals surface area contributed by atoms with Crippen LogP contribution in [0.5, 0.6) is 5.75 Å². The number of nitrogens with two attached hydrogens (primary N) is 1. The molecule has 2 aromatic rings. The number of rotatable bonds is 5. The number of aromatic amines is 1. The molecule has 5 N–H and O–H groups in total. The summed E-state index contributed by atoms with van der Waals surface area (Å²) in [5.41, 5.74) is 3.38. The number of carboxylic acids is 2. The zero-order chi connectivity index (χ0) is 17.1. The van der Waals surface area contributed by atoms with E-state index in [1.54, 1.807) is 19.1 Å². The molecule has 0 bridgehead atoms. The van der Waals surface area contributed by atoms with Crippen LogP contribution in [0.15, 0.2) is 29.1 Å². The van der Waals surface area contributed by atoms with Gasteiger partial charge in [-0.25, -0.2) is 9.59 Å².